The molecule has 2 aromatic heterocycles. The molecule has 0 bridgehead atoms. The van der Waals surface area contributed by atoms with Crippen LogP contribution in [0.1, 0.15) is 23.9 Å². The van der Waals surface area contributed by atoms with Crippen LogP contribution in [0.25, 0.3) is 0 Å². The number of alkyl halides is 3. The van der Waals surface area contributed by atoms with Crippen LogP contribution in [0.4, 0.5) is 29.9 Å². The van der Waals surface area contributed by atoms with Gasteiger partial charge in [-0.2, -0.15) is 18.2 Å². The number of nitrogens with one attached hydrogen (secondary N) is 2. The van der Waals surface area contributed by atoms with Crippen LogP contribution in [0.2, 0.25) is 10.3 Å². The molecule has 34 heavy (non-hydrogen) atoms. The van der Waals surface area contributed by atoms with E-state index in [9.17, 15) is 18.0 Å². The Morgan fingerprint density at radius 3 is 2.35 bits per heavy atom. The molecule has 1 aliphatic rings. The molecule has 0 saturated carbocycles. The van der Waals surface area contributed by atoms with Crippen LogP contribution in [0.15, 0.2) is 6.20 Å². The Morgan fingerprint density at radius 2 is 1.85 bits per heavy atom. The van der Waals surface area contributed by atoms with Gasteiger partial charge in [0, 0.05) is 19.3 Å². The molecule has 0 aromatic carbocycles. The number of likely N-dealkylation sites (tertiary alicyclic amines) is 1. The number of halogens is 4. The maximum atomic E-state index is 13.7. The summed E-state index contributed by atoms with van der Waals surface area (Å²) in [7, 11) is 12.0. The molecule has 2 N–H and O–H groups in total. The quantitative estimate of drug-likeness (QED) is 0.413. The molecule has 3 heterocycles. The Balaban J connectivity index is 2.01. The molecule has 1 saturated heterocycles. The van der Waals surface area contributed by atoms with Gasteiger partial charge < -0.3 is 15.5 Å². The SMILES string of the molecule is BC(B)(B)N1CCC(c2nc(Cl)c(Nc3ncc(C(F)(F)F)c(NCC)n3)s2)(C(B)(B)B)C1=O. The number of hydrogen-bond donors (Lipinski definition) is 2. The van der Waals surface area contributed by atoms with Crippen molar-refractivity contribution >= 4 is 92.7 Å². The summed E-state index contributed by atoms with van der Waals surface area (Å²) in [6.45, 7) is 2.52. The molecule has 0 aliphatic carbocycles. The second-order valence-corrected chi connectivity index (χ2v) is 11.6. The maximum Gasteiger partial charge on any atom is 0.421 e. The lowest BCUT2D eigenvalue weighted by atomic mass is 9.32. The van der Waals surface area contributed by atoms with Crippen LogP contribution in [0.3, 0.4) is 0 Å². The summed E-state index contributed by atoms with van der Waals surface area (Å²) in [5.41, 5.74) is -1.84. The molecule has 0 spiro atoms. The van der Waals surface area contributed by atoms with Gasteiger partial charge in [-0.05, 0) is 18.6 Å². The van der Waals surface area contributed by atoms with Crippen LogP contribution < -0.4 is 10.6 Å². The fourth-order valence-electron chi connectivity index (χ4n) is 4.19. The van der Waals surface area contributed by atoms with Crippen LogP contribution >= 0.6 is 22.9 Å². The van der Waals surface area contributed by atoms with Gasteiger partial charge in [0.2, 0.25) is 11.9 Å². The average Bonchev–Trinajstić information content (AvgIpc) is 3.21. The van der Waals surface area contributed by atoms with E-state index >= 15 is 0 Å². The van der Waals surface area contributed by atoms with E-state index in [-0.39, 0.29) is 34.6 Å². The summed E-state index contributed by atoms with van der Waals surface area (Å²) >= 11 is 7.62. The standard InChI is InChI=1S/C16H24B6ClF3N6OS/c1-2-27-8-6(14(24,25)26)5-28-12(30-8)31-9-7(23)29-10(34-9)13(15(17,18)19)3-4-32(11(13)33)16(20,21)22/h5H,2-4,17-22H2,1H3,(H2,27,28,30,31). The van der Waals surface area contributed by atoms with Crippen molar-refractivity contribution in [1.29, 1.82) is 0 Å². The van der Waals surface area contributed by atoms with Gasteiger partial charge in [-0.3, -0.25) is 4.79 Å². The van der Waals surface area contributed by atoms with Crippen molar-refractivity contribution in [3.63, 3.8) is 0 Å². The molecule has 18 heteroatoms. The van der Waals surface area contributed by atoms with Gasteiger partial charge in [-0.15, -0.1) is 0 Å². The first kappa shape index (κ1) is 26.8. The molecular formula is C16H24B6ClF3N6OS. The van der Waals surface area contributed by atoms with Crippen molar-refractivity contribution < 1.29 is 18.0 Å². The molecule has 1 amide bonds. The van der Waals surface area contributed by atoms with Gasteiger partial charge in [-0.25, -0.2) is 9.97 Å². The van der Waals surface area contributed by atoms with E-state index in [1.54, 1.807) is 6.92 Å². The molecule has 176 valence electrons. The normalized spacial score (nSPS) is 19.4. The van der Waals surface area contributed by atoms with E-state index < -0.39 is 22.3 Å². The van der Waals surface area contributed by atoms with Gasteiger partial charge in [0.25, 0.3) is 0 Å². The Kier molecular flexibility index (Phi) is 7.14. The summed E-state index contributed by atoms with van der Waals surface area (Å²) in [6, 6.07) is 0. The van der Waals surface area contributed by atoms with Crippen molar-refractivity contribution in [2.24, 2.45) is 0 Å². The Bertz CT molecular complexity index is 1090. The van der Waals surface area contributed by atoms with Gasteiger partial charge in [0.05, 0.1) is 29.0 Å². The molecular weight excluding hydrogens is 482 g/mol. The third-order valence-electron chi connectivity index (χ3n) is 6.03. The third kappa shape index (κ3) is 4.82. The molecule has 1 fully saturated rings. The smallest absolute Gasteiger partial charge is 0.370 e. The summed E-state index contributed by atoms with van der Waals surface area (Å²) in [5, 5.41) is 5.74. The summed E-state index contributed by atoms with van der Waals surface area (Å²) < 4.78 is 39.8. The molecule has 1 aliphatic heterocycles. The van der Waals surface area contributed by atoms with E-state index in [0.29, 0.717) is 23.0 Å². The largest absolute Gasteiger partial charge is 0.421 e. The fourth-order valence-corrected chi connectivity index (χ4v) is 5.76. The van der Waals surface area contributed by atoms with Crippen molar-refractivity contribution in [1.82, 2.24) is 19.9 Å². The minimum Gasteiger partial charge on any atom is -0.370 e. The van der Waals surface area contributed by atoms with E-state index in [4.69, 9.17) is 11.6 Å². The van der Waals surface area contributed by atoms with Gasteiger partial charge in [0.1, 0.15) is 44.9 Å². The summed E-state index contributed by atoms with van der Waals surface area (Å²) in [4.78, 5) is 27.9. The number of thiazole rings is 1. The lowest BCUT2D eigenvalue weighted by Gasteiger charge is -2.41. The zero-order chi connectivity index (χ0) is 25.7. The van der Waals surface area contributed by atoms with E-state index in [1.165, 1.54) is 11.3 Å². The molecule has 3 rings (SSSR count). The van der Waals surface area contributed by atoms with Crippen LogP contribution in [0.5, 0.6) is 0 Å². The average molecular weight is 506 g/mol. The van der Waals surface area contributed by atoms with E-state index in [1.807, 2.05) is 52.0 Å². The minimum absolute atomic E-state index is 0.00956. The second-order valence-electron chi connectivity index (χ2n) is 10.3. The zero-order valence-electron chi connectivity index (χ0n) is 20.3. The van der Waals surface area contributed by atoms with Crippen molar-refractivity contribution in [2.45, 2.75) is 35.3 Å². The van der Waals surface area contributed by atoms with Crippen LogP contribution in [-0.4, -0.2) is 91.2 Å². The predicted octanol–water partition coefficient (Wildman–Crippen LogP) is -2.27. The minimum atomic E-state index is -4.59. The number of amides is 1. The topological polar surface area (TPSA) is 83.0 Å². The highest BCUT2D eigenvalue weighted by molar-refractivity contribution is 7.16. The Hall–Kier alpha value is -1.75. The fraction of sp³-hybridized carbons (Fsp3) is 0.500. The third-order valence-corrected chi connectivity index (χ3v) is 7.54. The first-order valence-corrected chi connectivity index (χ1v) is 12.2. The number of rotatable bonds is 7. The number of carbonyl (C=O) groups is 1. The summed E-state index contributed by atoms with van der Waals surface area (Å²) in [6.07, 6.45) is -3.29. The van der Waals surface area contributed by atoms with Crippen molar-refractivity contribution in [2.75, 3.05) is 23.7 Å². The first-order chi connectivity index (χ1) is 15.5. The summed E-state index contributed by atoms with van der Waals surface area (Å²) in [5.74, 6) is -0.393. The number of aromatic nitrogens is 3. The number of carbonyl (C=O) groups excluding carboxylic acids is 1. The number of anilines is 3. The monoisotopic (exact) mass is 506 g/mol. The molecule has 2 aromatic rings. The second kappa shape index (κ2) is 9.04. The molecule has 1 atom stereocenters. The van der Waals surface area contributed by atoms with E-state index in [0.717, 1.165) is 6.20 Å². The molecule has 7 nitrogen and oxygen atoms in total. The van der Waals surface area contributed by atoms with Gasteiger partial charge in [0.15, 0.2) is 5.15 Å². The van der Waals surface area contributed by atoms with E-state index in [2.05, 4.69) is 25.6 Å². The molecule has 0 radical (unpaired) electrons. The number of nitrogens with zero attached hydrogens (tertiary/aromatic N) is 4. The van der Waals surface area contributed by atoms with Crippen molar-refractivity contribution in [3.05, 3.63) is 21.9 Å². The zero-order valence-corrected chi connectivity index (χ0v) is 21.9. The lowest BCUT2D eigenvalue weighted by molar-refractivity contribution is -0.137. The highest BCUT2D eigenvalue weighted by atomic mass is 35.5. The lowest BCUT2D eigenvalue weighted by Crippen LogP contribution is -2.56. The van der Waals surface area contributed by atoms with Crippen LogP contribution in [0, 0.1) is 0 Å². The highest BCUT2D eigenvalue weighted by Crippen LogP contribution is 2.52. The number of hydrogen-bond acceptors (Lipinski definition) is 7. The highest BCUT2D eigenvalue weighted by Gasteiger charge is 2.58. The Labute approximate surface area is 211 Å². The maximum absolute atomic E-state index is 13.7. The van der Waals surface area contributed by atoms with Gasteiger partial charge >= 0.3 is 6.18 Å². The predicted molar refractivity (Wildman–Crippen MR) is 146 cm³/mol. The van der Waals surface area contributed by atoms with Crippen molar-refractivity contribution in [3.8, 4) is 0 Å². The first-order valence-electron chi connectivity index (χ1n) is 11.0. The van der Waals surface area contributed by atoms with Crippen LogP contribution in [-0.2, 0) is 16.4 Å². The molecule has 1 unspecified atom stereocenters. The Morgan fingerprint density at radius 1 is 1.21 bits per heavy atom. The van der Waals surface area contributed by atoms with Gasteiger partial charge in [-0.1, -0.05) is 28.1 Å².